The molecule has 0 spiro atoms. The number of nitrogens with zero attached hydrogens (tertiary/aromatic N) is 1. The van der Waals surface area contributed by atoms with Crippen LogP contribution in [0.1, 0.15) is 12.0 Å². The van der Waals surface area contributed by atoms with Crippen LogP contribution >= 0.6 is 0 Å². The maximum Gasteiger partial charge on any atom is 0.223 e. The molecule has 0 radical (unpaired) electrons. The number of amides is 1. The third-order valence-corrected chi connectivity index (χ3v) is 4.00. The van der Waals surface area contributed by atoms with Crippen LogP contribution < -0.4 is 0 Å². The summed E-state index contributed by atoms with van der Waals surface area (Å²) in [4.78, 5) is 17.0. The Morgan fingerprint density at radius 2 is 2.30 bits per heavy atom. The number of ether oxygens (including phenoxy) is 1. The van der Waals surface area contributed by atoms with E-state index in [-0.39, 0.29) is 5.91 Å². The third-order valence-electron chi connectivity index (χ3n) is 4.00. The number of hydrogen-bond donors (Lipinski definition) is 1. The Morgan fingerprint density at radius 3 is 3.15 bits per heavy atom. The molecule has 4 nitrogen and oxygen atoms in total. The number of H-pyrrole nitrogens is 1. The molecule has 0 aliphatic carbocycles. The fraction of sp³-hybridized carbons (Fsp3) is 0.438. The number of nitrogens with one attached hydrogen (secondary N) is 1. The van der Waals surface area contributed by atoms with Gasteiger partial charge in [0.1, 0.15) is 0 Å². The van der Waals surface area contributed by atoms with Crippen LogP contribution in [0.3, 0.4) is 0 Å². The zero-order valence-corrected chi connectivity index (χ0v) is 11.8. The summed E-state index contributed by atoms with van der Waals surface area (Å²) in [7, 11) is 1.67. The smallest absolute Gasteiger partial charge is 0.223 e. The van der Waals surface area contributed by atoms with Crippen molar-refractivity contribution in [2.24, 2.45) is 5.92 Å². The second kappa shape index (κ2) is 5.67. The molecular weight excluding hydrogens is 252 g/mol. The molecule has 106 valence electrons. The Labute approximate surface area is 118 Å². The second-order valence-electron chi connectivity index (χ2n) is 5.51. The monoisotopic (exact) mass is 272 g/mol. The first-order valence-corrected chi connectivity index (χ1v) is 7.09. The SMILES string of the molecule is COCCN1C[C@@H](Cc2ccc3[nH]ccc3c2)CC1=O. The standard InChI is InChI=1S/C16H20N2O2/c1-20-7-6-18-11-13(10-16(18)19)8-12-2-3-15-14(9-12)4-5-17-15/h2-5,9,13,17H,6-8,10-11H2,1H3/t13-/m0/s1. The summed E-state index contributed by atoms with van der Waals surface area (Å²) in [5.74, 6) is 0.686. The van der Waals surface area contributed by atoms with E-state index < -0.39 is 0 Å². The molecule has 1 fully saturated rings. The molecule has 1 amide bonds. The first-order valence-electron chi connectivity index (χ1n) is 7.09. The van der Waals surface area contributed by atoms with Gasteiger partial charge in [-0.1, -0.05) is 6.07 Å². The second-order valence-corrected chi connectivity index (χ2v) is 5.51. The number of fused-ring (bicyclic) bond motifs is 1. The maximum absolute atomic E-state index is 11.9. The van der Waals surface area contributed by atoms with Gasteiger partial charge < -0.3 is 14.6 Å². The molecule has 1 N–H and O–H groups in total. The summed E-state index contributed by atoms with van der Waals surface area (Å²) in [6.07, 6.45) is 3.59. The van der Waals surface area contributed by atoms with E-state index >= 15 is 0 Å². The van der Waals surface area contributed by atoms with Crippen molar-refractivity contribution >= 4 is 16.8 Å². The minimum absolute atomic E-state index is 0.259. The van der Waals surface area contributed by atoms with E-state index in [0.29, 0.717) is 25.5 Å². The van der Waals surface area contributed by atoms with Crippen LogP contribution in [0.15, 0.2) is 30.5 Å². The first-order chi connectivity index (χ1) is 9.76. The highest BCUT2D eigenvalue weighted by atomic mass is 16.5. The Morgan fingerprint density at radius 1 is 1.40 bits per heavy atom. The van der Waals surface area contributed by atoms with Crippen LogP contribution in [0.4, 0.5) is 0 Å². The van der Waals surface area contributed by atoms with Crippen molar-refractivity contribution in [1.82, 2.24) is 9.88 Å². The van der Waals surface area contributed by atoms with Gasteiger partial charge in [-0.15, -0.1) is 0 Å². The summed E-state index contributed by atoms with van der Waals surface area (Å²) >= 11 is 0. The average molecular weight is 272 g/mol. The number of likely N-dealkylation sites (tertiary alicyclic amines) is 1. The van der Waals surface area contributed by atoms with Gasteiger partial charge in [0.25, 0.3) is 0 Å². The van der Waals surface area contributed by atoms with Gasteiger partial charge >= 0.3 is 0 Å². The van der Waals surface area contributed by atoms with Gasteiger partial charge in [-0.3, -0.25) is 4.79 Å². The number of rotatable bonds is 5. The van der Waals surface area contributed by atoms with Crippen molar-refractivity contribution in [2.75, 3.05) is 26.8 Å². The van der Waals surface area contributed by atoms with E-state index in [0.717, 1.165) is 18.5 Å². The van der Waals surface area contributed by atoms with E-state index in [9.17, 15) is 4.79 Å². The molecule has 0 bridgehead atoms. The van der Waals surface area contributed by atoms with Crippen molar-refractivity contribution in [3.8, 4) is 0 Å². The Balaban J connectivity index is 1.64. The van der Waals surface area contributed by atoms with E-state index in [1.54, 1.807) is 7.11 Å². The number of hydrogen-bond acceptors (Lipinski definition) is 2. The molecule has 1 aliphatic rings. The van der Waals surface area contributed by atoms with E-state index in [1.165, 1.54) is 10.9 Å². The van der Waals surface area contributed by atoms with Crippen molar-refractivity contribution in [3.05, 3.63) is 36.0 Å². The quantitative estimate of drug-likeness (QED) is 0.907. The lowest BCUT2D eigenvalue weighted by molar-refractivity contribution is -0.128. The highest BCUT2D eigenvalue weighted by Crippen LogP contribution is 2.23. The Hall–Kier alpha value is -1.81. The van der Waals surface area contributed by atoms with Gasteiger partial charge in [0.05, 0.1) is 6.61 Å². The van der Waals surface area contributed by atoms with Gasteiger partial charge in [-0.25, -0.2) is 0 Å². The lowest BCUT2D eigenvalue weighted by Crippen LogP contribution is -2.28. The van der Waals surface area contributed by atoms with E-state index in [4.69, 9.17) is 4.74 Å². The molecule has 2 heterocycles. The minimum Gasteiger partial charge on any atom is -0.383 e. The molecule has 1 aromatic carbocycles. The molecule has 1 atom stereocenters. The number of carbonyl (C=O) groups excluding carboxylic acids is 1. The average Bonchev–Trinajstić information content (AvgIpc) is 3.03. The van der Waals surface area contributed by atoms with Gasteiger partial charge in [0.2, 0.25) is 5.91 Å². The normalized spacial score (nSPS) is 19.1. The minimum atomic E-state index is 0.259. The molecule has 4 heteroatoms. The van der Waals surface area contributed by atoms with Crippen LogP contribution in [0.25, 0.3) is 10.9 Å². The number of aromatic amines is 1. The molecule has 1 saturated heterocycles. The number of carbonyl (C=O) groups is 1. The van der Waals surface area contributed by atoms with Crippen LogP contribution in [0.2, 0.25) is 0 Å². The lowest BCUT2D eigenvalue weighted by Gasteiger charge is -2.16. The fourth-order valence-corrected chi connectivity index (χ4v) is 2.97. The van der Waals surface area contributed by atoms with E-state index in [1.807, 2.05) is 11.1 Å². The lowest BCUT2D eigenvalue weighted by atomic mass is 9.98. The molecular formula is C16H20N2O2. The van der Waals surface area contributed by atoms with Crippen LogP contribution in [-0.4, -0.2) is 42.6 Å². The van der Waals surface area contributed by atoms with Crippen LogP contribution in [0.5, 0.6) is 0 Å². The molecule has 1 aliphatic heterocycles. The largest absolute Gasteiger partial charge is 0.383 e. The summed E-state index contributed by atoms with van der Waals surface area (Å²) in [6, 6.07) is 8.57. The number of aromatic nitrogens is 1. The predicted molar refractivity (Wildman–Crippen MR) is 78.6 cm³/mol. The summed E-state index contributed by atoms with van der Waals surface area (Å²) in [5, 5.41) is 1.24. The molecule has 0 unspecified atom stereocenters. The van der Waals surface area contributed by atoms with Gasteiger partial charge in [0, 0.05) is 38.3 Å². The molecule has 3 rings (SSSR count). The number of methoxy groups -OCH3 is 1. The molecule has 0 saturated carbocycles. The zero-order valence-electron chi connectivity index (χ0n) is 11.8. The molecule has 2 aromatic rings. The Bertz CT molecular complexity index is 605. The zero-order chi connectivity index (χ0) is 13.9. The van der Waals surface area contributed by atoms with Crippen LogP contribution in [-0.2, 0) is 16.0 Å². The van der Waals surface area contributed by atoms with Crippen molar-refractivity contribution < 1.29 is 9.53 Å². The van der Waals surface area contributed by atoms with Crippen molar-refractivity contribution in [2.45, 2.75) is 12.8 Å². The van der Waals surface area contributed by atoms with Gasteiger partial charge in [0.15, 0.2) is 0 Å². The fourth-order valence-electron chi connectivity index (χ4n) is 2.97. The molecule has 20 heavy (non-hydrogen) atoms. The highest BCUT2D eigenvalue weighted by Gasteiger charge is 2.29. The third kappa shape index (κ3) is 2.70. The first kappa shape index (κ1) is 13.2. The Kier molecular flexibility index (Phi) is 3.74. The number of benzene rings is 1. The van der Waals surface area contributed by atoms with Crippen LogP contribution in [0, 0.1) is 5.92 Å². The van der Waals surface area contributed by atoms with Crippen molar-refractivity contribution in [1.29, 1.82) is 0 Å². The summed E-state index contributed by atoms with van der Waals surface area (Å²) in [5.41, 5.74) is 2.47. The van der Waals surface area contributed by atoms with Gasteiger partial charge in [-0.2, -0.15) is 0 Å². The van der Waals surface area contributed by atoms with Crippen molar-refractivity contribution in [3.63, 3.8) is 0 Å². The molecule has 1 aromatic heterocycles. The highest BCUT2D eigenvalue weighted by molar-refractivity contribution is 5.80. The van der Waals surface area contributed by atoms with E-state index in [2.05, 4.69) is 29.2 Å². The predicted octanol–water partition coefficient (Wildman–Crippen LogP) is 2.21. The summed E-state index contributed by atoms with van der Waals surface area (Å²) in [6.45, 7) is 2.18. The van der Waals surface area contributed by atoms with Gasteiger partial charge in [-0.05, 0) is 41.5 Å². The maximum atomic E-state index is 11.9. The summed E-state index contributed by atoms with van der Waals surface area (Å²) < 4.78 is 5.05. The topological polar surface area (TPSA) is 45.3 Å².